The van der Waals surface area contributed by atoms with Crippen LogP contribution in [0.25, 0.3) is 0 Å². The van der Waals surface area contributed by atoms with E-state index in [2.05, 4.69) is 15.1 Å². The molecule has 0 radical (unpaired) electrons. The molecule has 1 saturated heterocycles. The fraction of sp³-hybridized carbons (Fsp3) is 0.562. The highest BCUT2D eigenvalue weighted by atomic mass is 16.5. The third-order valence-electron chi connectivity index (χ3n) is 4.38. The number of hydrogen-bond acceptors (Lipinski definition) is 6. The second-order valence-corrected chi connectivity index (χ2v) is 6.01. The standard InChI is InChI=1S/C16H22N4O4/c1-9-10(2)18-15(17-9)14-6-11(23-4)7-20(14)16(21)13-5-12(8-22-3)24-19-13/h5,11,14H,6-8H2,1-4H3,(H,17,18)/t11-,14+/m1/s1. The van der Waals surface area contributed by atoms with Crippen molar-refractivity contribution in [3.05, 3.63) is 34.7 Å². The molecule has 8 heteroatoms. The highest BCUT2D eigenvalue weighted by Gasteiger charge is 2.39. The van der Waals surface area contributed by atoms with Crippen LogP contribution < -0.4 is 0 Å². The lowest BCUT2D eigenvalue weighted by Crippen LogP contribution is -2.32. The molecule has 130 valence electrons. The summed E-state index contributed by atoms with van der Waals surface area (Å²) in [4.78, 5) is 22.4. The maximum Gasteiger partial charge on any atom is 0.276 e. The first-order valence-corrected chi connectivity index (χ1v) is 7.84. The van der Waals surface area contributed by atoms with Crippen molar-refractivity contribution in [2.45, 2.75) is 39.0 Å². The molecule has 3 heterocycles. The number of carbonyl (C=O) groups excluding carboxylic acids is 1. The summed E-state index contributed by atoms with van der Waals surface area (Å²) in [6.45, 7) is 4.68. The summed E-state index contributed by atoms with van der Waals surface area (Å²) in [5.74, 6) is 1.10. The molecule has 1 aliphatic rings. The zero-order valence-corrected chi connectivity index (χ0v) is 14.3. The average molecular weight is 334 g/mol. The Morgan fingerprint density at radius 1 is 1.46 bits per heavy atom. The van der Waals surface area contributed by atoms with E-state index in [1.807, 2.05) is 13.8 Å². The second-order valence-electron chi connectivity index (χ2n) is 6.01. The molecule has 1 amide bonds. The van der Waals surface area contributed by atoms with Gasteiger partial charge in [0, 0.05) is 38.9 Å². The lowest BCUT2D eigenvalue weighted by atomic mass is 10.2. The molecule has 0 unspecified atom stereocenters. The largest absolute Gasteiger partial charge is 0.380 e. The molecule has 24 heavy (non-hydrogen) atoms. The number of H-pyrrole nitrogens is 1. The maximum atomic E-state index is 12.9. The molecule has 0 saturated carbocycles. The highest BCUT2D eigenvalue weighted by Crippen LogP contribution is 2.33. The molecule has 1 aliphatic heterocycles. The Hall–Kier alpha value is -2.19. The van der Waals surface area contributed by atoms with Crippen LogP contribution in [0.4, 0.5) is 0 Å². The molecule has 0 aliphatic carbocycles. The fourth-order valence-electron chi connectivity index (χ4n) is 2.96. The number of likely N-dealkylation sites (tertiary alicyclic amines) is 1. The minimum absolute atomic E-state index is 0.0324. The Labute approximate surface area is 140 Å². The third-order valence-corrected chi connectivity index (χ3v) is 4.38. The summed E-state index contributed by atoms with van der Waals surface area (Å²) in [5, 5.41) is 3.86. The van der Waals surface area contributed by atoms with E-state index in [0.717, 1.165) is 17.2 Å². The normalized spacial score (nSPS) is 20.8. The van der Waals surface area contributed by atoms with Crippen LogP contribution in [0.15, 0.2) is 10.6 Å². The van der Waals surface area contributed by atoms with Gasteiger partial charge in [0.2, 0.25) is 0 Å². The quantitative estimate of drug-likeness (QED) is 0.895. The molecule has 2 aromatic heterocycles. The number of carbonyl (C=O) groups is 1. The van der Waals surface area contributed by atoms with E-state index in [0.29, 0.717) is 18.7 Å². The predicted molar refractivity (Wildman–Crippen MR) is 84.5 cm³/mol. The van der Waals surface area contributed by atoms with E-state index in [9.17, 15) is 4.79 Å². The summed E-state index contributed by atoms with van der Waals surface area (Å²) in [6, 6.07) is 1.44. The number of aromatic nitrogens is 3. The van der Waals surface area contributed by atoms with E-state index in [1.165, 1.54) is 0 Å². The van der Waals surface area contributed by atoms with E-state index in [1.54, 1.807) is 25.2 Å². The van der Waals surface area contributed by atoms with Gasteiger partial charge in [-0.15, -0.1) is 0 Å². The maximum absolute atomic E-state index is 12.9. The van der Waals surface area contributed by atoms with Crippen molar-refractivity contribution >= 4 is 5.91 Å². The van der Waals surface area contributed by atoms with E-state index >= 15 is 0 Å². The smallest absolute Gasteiger partial charge is 0.276 e. The van der Waals surface area contributed by atoms with Crippen LogP contribution >= 0.6 is 0 Å². The predicted octanol–water partition coefficient (Wildman–Crippen LogP) is 1.76. The van der Waals surface area contributed by atoms with Crippen molar-refractivity contribution in [3.8, 4) is 0 Å². The SMILES string of the molecule is COCc1cc(C(=O)N2C[C@H](OC)C[C@H]2c2nc(C)c(C)[nH]2)no1. The summed E-state index contributed by atoms with van der Waals surface area (Å²) < 4.78 is 15.6. The van der Waals surface area contributed by atoms with Gasteiger partial charge in [-0.1, -0.05) is 5.16 Å². The van der Waals surface area contributed by atoms with Crippen LogP contribution in [-0.4, -0.2) is 52.8 Å². The Balaban J connectivity index is 1.86. The van der Waals surface area contributed by atoms with Crippen molar-refractivity contribution in [3.63, 3.8) is 0 Å². The number of hydrogen-bond donors (Lipinski definition) is 1. The van der Waals surface area contributed by atoms with Crippen LogP contribution in [0.3, 0.4) is 0 Å². The minimum Gasteiger partial charge on any atom is -0.380 e. The number of nitrogens with zero attached hydrogens (tertiary/aromatic N) is 3. The van der Waals surface area contributed by atoms with Gasteiger partial charge in [-0.3, -0.25) is 4.79 Å². The van der Waals surface area contributed by atoms with Crippen LogP contribution in [0.5, 0.6) is 0 Å². The van der Waals surface area contributed by atoms with Gasteiger partial charge in [-0.2, -0.15) is 0 Å². The molecule has 3 rings (SSSR count). The van der Waals surface area contributed by atoms with Gasteiger partial charge in [0.15, 0.2) is 11.5 Å². The molecule has 1 fully saturated rings. The molecular weight excluding hydrogens is 312 g/mol. The summed E-state index contributed by atoms with van der Waals surface area (Å²) in [6.07, 6.45) is 0.659. The minimum atomic E-state index is -0.197. The number of imidazole rings is 1. The van der Waals surface area contributed by atoms with Crippen molar-refractivity contribution in [1.82, 2.24) is 20.0 Å². The molecule has 0 aromatic carbocycles. The topological polar surface area (TPSA) is 93.5 Å². The Bertz CT molecular complexity index is 704. The van der Waals surface area contributed by atoms with E-state index in [4.69, 9.17) is 14.0 Å². The zero-order chi connectivity index (χ0) is 17.3. The lowest BCUT2D eigenvalue weighted by molar-refractivity contribution is 0.0674. The van der Waals surface area contributed by atoms with Gasteiger partial charge < -0.3 is 23.9 Å². The molecule has 0 bridgehead atoms. The number of ether oxygens (including phenoxy) is 2. The Morgan fingerprint density at radius 3 is 2.88 bits per heavy atom. The summed E-state index contributed by atoms with van der Waals surface area (Å²) >= 11 is 0. The Morgan fingerprint density at radius 2 is 2.25 bits per heavy atom. The van der Waals surface area contributed by atoms with Crippen LogP contribution in [0.1, 0.15) is 45.9 Å². The molecule has 2 atom stereocenters. The van der Waals surface area contributed by atoms with Crippen molar-refractivity contribution in [1.29, 1.82) is 0 Å². The average Bonchev–Trinajstić information content (AvgIpc) is 3.26. The first-order chi connectivity index (χ1) is 11.5. The molecule has 0 spiro atoms. The lowest BCUT2D eigenvalue weighted by Gasteiger charge is -2.21. The summed E-state index contributed by atoms with van der Waals surface area (Å²) in [7, 11) is 3.21. The van der Waals surface area contributed by atoms with Crippen LogP contribution in [-0.2, 0) is 16.1 Å². The third kappa shape index (κ3) is 3.07. The zero-order valence-electron chi connectivity index (χ0n) is 14.3. The monoisotopic (exact) mass is 334 g/mol. The van der Waals surface area contributed by atoms with E-state index in [-0.39, 0.29) is 30.4 Å². The summed E-state index contributed by atoms with van der Waals surface area (Å²) in [5.41, 5.74) is 2.20. The first-order valence-electron chi connectivity index (χ1n) is 7.84. The molecule has 8 nitrogen and oxygen atoms in total. The second kappa shape index (κ2) is 6.74. The first kappa shape index (κ1) is 16.7. The highest BCUT2D eigenvalue weighted by molar-refractivity contribution is 5.92. The number of aromatic amines is 1. The van der Waals surface area contributed by atoms with Gasteiger partial charge in [0.05, 0.1) is 17.8 Å². The molecule has 2 aromatic rings. The Kier molecular flexibility index (Phi) is 4.68. The molecular formula is C16H22N4O4. The van der Waals surface area contributed by atoms with E-state index < -0.39 is 0 Å². The van der Waals surface area contributed by atoms with Crippen molar-refractivity contribution < 1.29 is 18.8 Å². The van der Waals surface area contributed by atoms with Gasteiger partial charge in [-0.25, -0.2) is 4.98 Å². The van der Waals surface area contributed by atoms with Gasteiger partial charge in [-0.05, 0) is 13.8 Å². The molecule has 1 N–H and O–H groups in total. The van der Waals surface area contributed by atoms with Crippen molar-refractivity contribution in [2.75, 3.05) is 20.8 Å². The van der Waals surface area contributed by atoms with Gasteiger partial charge in [0.1, 0.15) is 12.4 Å². The number of aryl methyl sites for hydroxylation is 2. The van der Waals surface area contributed by atoms with Gasteiger partial charge in [0.25, 0.3) is 5.91 Å². The number of amides is 1. The van der Waals surface area contributed by atoms with Gasteiger partial charge >= 0.3 is 0 Å². The number of methoxy groups -OCH3 is 2. The van der Waals surface area contributed by atoms with Crippen LogP contribution in [0.2, 0.25) is 0 Å². The van der Waals surface area contributed by atoms with Crippen LogP contribution in [0, 0.1) is 13.8 Å². The number of nitrogens with one attached hydrogen (secondary N) is 1. The number of rotatable bonds is 5. The fourth-order valence-corrected chi connectivity index (χ4v) is 2.96. The van der Waals surface area contributed by atoms with Crippen molar-refractivity contribution in [2.24, 2.45) is 0 Å².